The number of amides is 3. The van der Waals surface area contributed by atoms with Gasteiger partial charge in [0.05, 0.1) is 0 Å². The number of nitrogens with one attached hydrogen (secondary N) is 1. The summed E-state index contributed by atoms with van der Waals surface area (Å²) in [7, 11) is 2.03. The minimum Gasteiger partial charge on any atom is -0.368 e. The van der Waals surface area contributed by atoms with Gasteiger partial charge in [-0.1, -0.05) is 44.2 Å². The van der Waals surface area contributed by atoms with Crippen LogP contribution >= 0.6 is 0 Å². The van der Waals surface area contributed by atoms with Gasteiger partial charge in [-0.15, -0.1) is 0 Å². The Labute approximate surface area is 173 Å². The molecule has 1 aromatic rings. The normalized spacial score (nSPS) is 17.0. The molecule has 1 aliphatic rings. The number of piperazine rings is 1. The van der Waals surface area contributed by atoms with Crippen LogP contribution in [0, 0.1) is 5.92 Å². The van der Waals surface area contributed by atoms with E-state index < -0.39 is 11.4 Å². The Morgan fingerprint density at radius 2 is 1.69 bits per heavy atom. The quantitative estimate of drug-likeness (QED) is 0.648. The van der Waals surface area contributed by atoms with E-state index in [2.05, 4.69) is 10.2 Å². The Morgan fingerprint density at radius 1 is 1.07 bits per heavy atom. The number of carbonyl (C=O) groups is 3. The SMILES string of the molecule is CC(C)C[C@](Cc1ccccc1)(NC(=O)CCC(=O)N1CCN(C)CC1)C(N)=O. The van der Waals surface area contributed by atoms with Gasteiger partial charge in [-0.05, 0) is 24.9 Å². The molecule has 0 aliphatic carbocycles. The molecule has 1 saturated heterocycles. The van der Waals surface area contributed by atoms with Gasteiger partial charge in [-0.3, -0.25) is 14.4 Å². The number of carbonyl (C=O) groups excluding carboxylic acids is 3. The molecule has 1 aliphatic heterocycles. The lowest BCUT2D eigenvalue weighted by atomic mass is 9.82. The van der Waals surface area contributed by atoms with Crippen LogP contribution in [0.15, 0.2) is 30.3 Å². The largest absolute Gasteiger partial charge is 0.368 e. The topological polar surface area (TPSA) is 95.7 Å². The molecule has 0 aromatic heterocycles. The molecule has 0 saturated carbocycles. The standard InChI is InChI=1S/C22H34N4O3/c1-17(2)15-22(21(23)29,16-18-7-5-4-6-8-18)24-19(27)9-10-20(28)26-13-11-25(3)12-14-26/h4-8,17H,9-16H2,1-3H3,(H2,23,29)(H,24,27)/t22-/m1/s1. The highest BCUT2D eigenvalue weighted by atomic mass is 16.2. The average Bonchev–Trinajstić information content (AvgIpc) is 2.66. The minimum atomic E-state index is -1.16. The maximum absolute atomic E-state index is 12.7. The van der Waals surface area contributed by atoms with Crippen LogP contribution in [0.2, 0.25) is 0 Å². The van der Waals surface area contributed by atoms with Crippen molar-refractivity contribution in [1.82, 2.24) is 15.1 Å². The highest BCUT2D eigenvalue weighted by Gasteiger charge is 2.39. The van der Waals surface area contributed by atoms with Crippen LogP contribution in [-0.2, 0) is 20.8 Å². The number of nitrogens with two attached hydrogens (primary N) is 1. The van der Waals surface area contributed by atoms with Gasteiger partial charge in [0.25, 0.3) is 0 Å². The molecule has 1 heterocycles. The van der Waals surface area contributed by atoms with Crippen LogP contribution in [-0.4, -0.2) is 66.3 Å². The fraction of sp³-hybridized carbons (Fsp3) is 0.591. The van der Waals surface area contributed by atoms with Gasteiger partial charge >= 0.3 is 0 Å². The lowest BCUT2D eigenvalue weighted by molar-refractivity contribution is -0.136. The highest BCUT2D eigenvalue weighted by Crippen LogP contribution is 2.23. The molecule has 2 rings (SSSR count). The number of hydrogen-bond acceptors (Lipinski definition) is 4. The van der Waals surface area contributed by atoms with Crippen molar-refractivity contribution in [1.29, 1.82) is 0 Å². The van der Waals surface area contributed by atoms with Crippen LogP contribution < -0.4 is 11.1 Å². The van der Waals surface area contributed by atoms with Gasteiger partial charge < -0.3 is 20.9 Å². The first kappa shape index (κ1) is 22.9. The zero-order valence-corrected chi connectivity index (χ0v) is 17.8. The maximum atomic E-state index is 12.7. The van der Waals surface area contributed by atoms with Crippen molar-refractivity contribution < 1.29 is 14.4 Å². The third kappa shape index (κ3) is 6.85. The molecular weight excluding hydrogens is 368 g/mol. The Kier molecular flexibility index (Phi) is 8.20. The fourth-order valence-electron chi connectivity index (χ4n) is 3.82. The zero-order valence-electron chi connectivity index (χ0n) is 17.8. The van der Waals surface area contributed by atoms with Crippen molar-refractivity contribution in [3.63, 3.8) is 0 Å². The van der Waals surface area contributed by atoms with Crippen molar-refractivity contribution in [3.8, 4) is 0 Å². The Balaban J connectivity index is 2.02. The first-order chi connectivity index (χ1) is 13.7. The first-order valence-electron chi connectivity index (χ1n) is 10.3. The zero-order chi connectivity index (χ0) is 21.4. The van der Waals surface area contributed by atoms with E-state index in [-0.39, 0.29) is 30.6 Å². The summed E-state index contributed by atoms with van der Waals surface area (Å²) in [4.78, 5) is 41.5. The molecule has 29 heavy (non-hydrogen) atoms. The van der Waals surface area contributed by atoms with Gasteiger partial charge in [0.15, 0.2) is 0 Å². The van der Waals surface area contributed by atoms with E-state index in [0.29, 0.717) is 25.9 Å². The molecule has 1 atom stereocenters. The van der Waals surface area contributed by atoms with E-state index >= 15 is 0 Å². The van der Waals surface area contributed by atoms with Gasteiger partial charge in [0.1, 0.15) is 5.54 Å². The monoisotopic (exact) mass is 402 g/mol. The molecule has 0 bridgehead atoms. The van der Waals surface area contributed by atoms with Gasteiger partial charge in [-0.25, -0.2) is 0 Å². The Hall–Kier alpha value is -2.41. The van der Waals surface area contributed by atoms with E-state index in [1.165, 1.54) is 0 Å². The molecule has 0 unspecified atom stereocenters. The van der Waals surface area contributed by atoms with Gasteiger partial charge in [-0.2, -0.15) is 0 Å². The summed E-state index contributed by atoms with van der Waals surface area (Å²) in [5.41, 5.74) is 5.54. The predicted octanol–water partition coefficient (Wildman–Crippen LogP) is 1.17. The van der Waals surface area contributed by atoms with Gasteiger partial charge in [0, 0.05) is 45.4 Å². The summed E-state index contributed by atoms with van der Waals surface area (Å²) >= 11 is 0. The summed E-state index contributed by atoms with van der Waals surface area (Å²) < 4.78 is 0. The molecule has 7 heteroatoms. The summed E-state index contributed by atoms with van der Waals surface area (Å²) in [6, 6.07) is 9.53. The number of benzene rings is 1. The first-order valence-corrected chi connectivity index (χ1v) is 10.3. The van der Waals surface area contributed by atoms with Crippen LogP contribution in [0.25, 0.3) is 0 Å². The van der Waals surface area contributed by atoms with Crippen LogP contribution in [0.4, 0.5) is 0 Å². The summed E-state index contributed by atoms with van der Waals surface area (Å²) in [5.74, 6) is -0.722. The molecular formula is C22H34N4O3. The van der Waals surface area contributed by atoms with Crippen LogP contribution in [0.3, 0.4) is 0 Å². The van der Waals surface area contributed by atoms with E-state index in [4.69, 9.17) is 5.73 Å². The number of rotatable bonds is 9. The molecule has 3 N–H and O–H groups in total. The molecule has 160 valence electrons. The molecule has 0 radical (unpaired) electrons. The smallest absolute Gasteiger partial charge is 0.243 e. The predicted molar refractivity (Wildman–Crippen MR) is 113 cm³/mol. The minimum absolute atomic E-state index is 0.0233. The third-order valence-electron chi connectivity index (χ3n) is 5.38. The number of primary amides is 1. The number of likely N-dealkylation sites (N-methyl/N-ethyl adjacent to an activating group) is 1. The van der Waals surface area contributed by atoms with Crippen molar-refractivity contribution in [2.45, 2.75) is 45.1 Å². The molecule has 1 aromatic carbocycles. The number of hydrogen-bond donors (Lipinski definition) is 2. The summed E-state index contributed by atoms with van der Waals surface area (Å²) in [6.45, 7) is 7.03. The molecule has 3 amide bonds. The maximum Gasteiger partial charge on any atom is 0.243 e. The van der Waals surface area contributed by atoms with Crippen LogP contribution in [0.5, 0.6) is 0 Å². The second kappa shape index (κ2) is 10.4. The number of nitrogens with zero attached hydrogens (tertiary/aromatic N) is 2. The van der Waals surface area contributed by atoms with E-state index in [1.54, 1.807) is 4.90 Å². The summed E-state index contributed by atoms with van der Waals surface area (Å²) in [6.07, 6.45) is 0.958. The highest BCUT2D eigenvalue weighted by molar-refractivity contribution is 5.92. The molecule has 1 fully saturated rings. The van der Waals surface area contributed by atoms with E-state index in [0.717, 1.165) is 18.7 Å². The third-order valence-corrected chi connectivity index (χ3v) is 5.38. The molecule has 0 spiro atoms. The fourth-order valence-corrected chi connectivity index (χ4v) is 3.82. The average molecular weight is 403 g/mol. The molecule has 7 nitrogen and oxygen atoms in total. The van der Waals surface area contributed by atoms with Gasteiger partial charge in [0.2, 0.25) is 17.7 Å². The van der Waals surface area contributed by atoms with E-state index in [1.807, 2.05) is 51.2 Å². The van der Waals surface area contributed by atoms with Crippen LogP contribution in [0.1, 0.15) is 38.7 Å². The van der Waals surface area contributed by atoms with Crippen molar-refractivity contribution in [2.75, 3.05) is 33.2 Å². The van der Waals surface area contributed by atoms with Crippen molar-refractivity contribution in [3.05, 3.63) is 35.9 Å². The lowest BCUT2D eigenvalue weighted by Gasteiger charge is -2.34. The Morgan fingerprint density at radius 3 is 2.24 bits per heavy atom. The van der Waals surface area contributed by atoms with Crippen molar-refractivity contribution in [2.24, 2.45) is 11.7 Å². The lowest BCUT2D eigenvalue weighted by Crippen LogP contribution is -2.59. The van der Waals surface area contributed by atoms with E-state index in [9.17, 15) is 14.4 Å². The van der Waals surface area contributed by atoms with Crippen molar-refractivity contribution >= 4 is 17.7 Å². The summed E-state index contributed by atoms with van der Waals surface area (Å²) in [5, 5.41) is 2.88. The second-order valence-corrected chi connectivity index (χ2v) is 8.44. The second-order valence-electron chi connectivity index (χ2n) is 8.44. The Bertz CT molecular complexity index is 699.